The molecule has 0 fully saturated rings. The fraction of sp³-hybridized carbons (Fsp3) is 0.684. The molecule has 3 heteroatoms. The molecule has 0 saturated heterocycles. The predicted octanol–water partition coefficient (Wildman–Crippen LogP) is 3.60. The molecule has 1 aliphatic heterocycles. The Hall–Kier alpha value is -1.22. The van der Waals surface area contributed by atoms with Crippen LogP contribution >= 0.6 is 0 Å². The maximum absolute atomic E-state index is 5.75. The van der Waals surface area contributed by atoms with Crippen molar-refractivity contribution in [1.29, 1.82) is 0 Å². The maximum Gasteiger partial charge on any atom is 0.164 e. The molecule has 1 atom stereocenters. The van der Waals surface area contributed by atoms with E-state index in [1.165, 1.54) is 36.9 Å². The van der Waals surface area contributed by atoms with Gasteiger partial charge >= 0.3 is 0 Å². The number of rotatable bonds is 5. The van der Waals surface area contributed by atoms with Gasteiger partial charge in [-0.05, 0) is 42.7 Å². The molecule has 0 spiro atoms. The van der Waals surface area contributed by atoms with Gasteiger partial charge in [0.15, 0.2) is 11.5 Å². The van der Waals surface area contributed by atoms with E-state index in [2.05, 4.69) is 18.7 Å². The first-order valence-corrected chi connectivity index (χ1v) is 8.69. The van der Waals surface area contributed by atoms with Crippen LogP contribution in [0.2, 0.25) is 0 Å². The average Bonchev–Trinajstić information content (AvgIpc) is 3.02. The minimum Gasteiger partial charge on any atom is -0.493 e. The maximum atomic E-state index is 5.75. The summed E-state index contributed by atoms with van der Waals surface area (Å²) in [5.41, 5.74) is 5.91. The Bertz CT molecular complexity index is 553. The lowest BCUT2D eigenvalue weighted by atomic mass is 9.90. The molecule has 0 saturated carbocycles. The van der Waals surface area contributed by atoms with E-state index in [9.17, 15) is 0 Å². The van der Waals surface area contributed by atoms with Gasteiger partial charge in [-0.15, -0.1) is 0 Å². The molecule has 0 aromatic heterocycles. The smallest absolute Gasteiger partial charge is 0.164 e. The van der Waals surface area contributed by atoms with Crippen LogP contribution in [0.1, 0.15) is 48.9 Å². The Morgan fingerprint density at radius 2 is 1.59 bits per heavy atom. The van der Waals surface area contributed by atoms with E-state index >= 15 is 0 Å². The second-order valence-electron chi connectivity index (χ2n) is 6.83. The summed E-state index contributed by atoms with van der Waals surface area (Å²) < 4.78 is 11.5. The van der Waals surface area contributed by atoms with Crippen LogP contribution in [0, 0.1) is 5.92 Å². The van der Waals surface area contributed by atoms with Crippen molar-refractivity contribution in [1.82, 2.24) is 4.90 Å². The highest BCUT2D eigenvalue weighted by Gasteiger charge is 2.31. The summed E-state index contributed by atoms with van der Waals surface area (Å²) in [7, 11) is 3.56. The minimum absolute atomic E-state index is 0.773. The van der Waals surface area contributed by atoms with Gasteiger partial charge < -0.3 is 9.47 Å². The first-order valence-electron chi connectivity index (χ1n) is 8.69. The lowest BCUT2D eigenvalue weighted by Gasteiger charge is -2.33. The molecular weight excluding hydrogens is 274 g/mol. The molecule has 3 rings (SSSR count). The van der Waals surface area contributed by atoms with E-state index in [-0.39, 0.29) is 0 Å². The van der Waals surface area contributed by atoms with Crippen molar-refractivity contribution in [3.8, 4) is 11.5 Å². The molecule has 0 N–H and O–H groups in total. The van der Waals surface area contributed by atoms with Gasteiger partial charge in [0, 0.05) is 30.8 Å². The minimum atomic E-state index is 0.773. The number of ether oxygens (including phenoxy) is 2. The van der Waals surface area contributed by atoms with Gasteiger partial charge in [0.1, 0.15) is 0 Å². The van der Waals surface area contributed by atoms with Crippen molar-refractivity contribution in [3.63, 3.8) is 0 Å². The molecular formula is C19H29NO2. The fourth-order valence-electron chi connectivity index (χ4n) is 4.11. The number of nitrogens with zero attached hydrogens (tertiary/aromatic N) is 1. The van der Waals surface area contributed by atoms with Crippen molar-refractivity contribution >= 4 is 0 Å². The van der Waals surface area contributed by atoms with Crippen LogP contribution in [0.3, 0.4) is 0 Å². The Labute approximate surface area is 134 Å². The molecule has 1 heterocycles. The second-order valence-corrected chi connectivity index (χ2v) is 6.83. The van der Waals surface area contributed by atoms with Crippen molar-refractivity contribution in [2.45, 2.75) is 52.5 Å². The largest absolute Gasteiger partial charge is 0.493 e. The zero-order chi connectivity index (χ0) is 15.7. The highest BCUT2D eigenvalue weighted by molar-refractivity contribution is 5.62. The quantitative estimate of drug-likeness (QED) is 0.829. The second kappa shape index (κ2) is 6.49. The van der Waals surface area contributed by atoms with Gasteiger partial charge in [0.05, 0.1) is 14.2 Å². The number of methoxy groups -OCH3 is 2. The normalized spacial score (nSPS) is 18.7. The zero-order valence-electron chi connectivity index (χ0n) is 14.5. The molecule has 2 aliphatic rings. The Balaban J connectivity index is 1.99. The summed E-state index contributed by atoms with van der Waals surface area (Å²) in [4.78, 5) is 2.63. The molecule has 22 heavy (non-hydrogen) atoms. The third-order valence-electron chi connectivity index (χ3n) is 5.44. The van der Waals surface area contributed by atoms with Crippen molar-refractivity contribution < 1.29 is 9.47 Å². The molecule has 1 aromatic rings. The fourth-order valence-corrected chi connectivity index (χ4v) is 4.11. The standard InChI is InChI=1S/C19H29NO2/c1-5-13(2)11-20-10-9-16-17(12-20)14-7-6-8-15(14)18(21-3)19(16)22-4/h13H,5-12H2,1-4H3/t13-/m0/s1. The highest BCUT2D eigenvalue weighted by atomic mass is 16.5. The summed E-state index contributed by atoms with van der Waals surface area (Å²) in [6.07, 6.45) is 5.92. The number of benzene rings is 1. The van der Waals surface area contributed by atoms with E-state index < -0.39 is 0 Å². The summed E-state index contributed by atoms with van der Waals surface area (Å²) in [5, 5.41) is 0. The summed E-state index contributed by atoms with van der Waals surface area (Å²) in [5.74, 6) is 2.78. The highest BCUT2D eigenvalue weighted by Crippen LogP contribution is 2.45. The summed E-state index contributed by atoms with van der Waals surface area (Å²) in [6.45, 7) is 8.07. The average molecular weight is 303 g/mol. The molecule has 0 amide bonds. The van der Waals surface area contributed by atoms with Crippen LogP contribution in [0.15, 0.2) is 0 Å². The van der Waals surface area contributed by atoms with Gasteiger partial charge in [-0.3, -0.25) is 4.90 Å². The molecule has 1 aliphatic carbocycles. The lowest BCUT2D eigenvalue weighted by Crippen LogP contribution is -2.34. The number of fused-ring (bicyclic) bond motifs is 3. The molecule has 0 radical (unpaired) electrons. The third kappa shape index (κ3) is 2.60. The van der Waals surface area contributed by atoms with Crippen LogP contribution in [0.25, 0.3) is 0 Å². The van der Waals surface area contributed by atoms with Gasteiger partial charge in [-0.25, -0.2) is 0 Å². The summed E-state index contributed by atoms with van der Waals surface area (Å²) in [6, 6.07) is 0. The third-order valence-corrected chi connectivity index (χ3v) is 5.44. The predicted molar refractivity (Wildman–Crippen MR) is 90.0 cm³/mol. The van der Waals surface area contributed by atoms with Crippen LogP contribution in [0.4, 0.5) is 0 Å². The zero-order valence-corrected chi connectivity index (χ0v) is 14.5. The van der Waals surface area contributed by atoms with Gasteiger partial charge in [-0.2, -0.15) is 0 Å². The van der Waals surface area contributed by atoms with Crippen LogP contribution in [-0.4, -0.2) is 32.2 Å². The summed E-state index contributed by atoms with van der Waals surface area (Å²) >= 11 is 0. The molecule has 0 bridgehead atoms. The van der Waals surface area contributed by atoms with E-state index in [0.717, 1.165) is 43.3 Å². The van der Waals surface area contributed by atoms with Gasteiger partial charge in [0.2, 0.25) is 0 Å². The SMILES string of the molecule is CC[C@H](C)CN1CCc2c(c3c(c(OC)c2OC)CCC3)C1. The Morgan fingerprint density at radius 3 is 2.23 bits per heavy atom. The topological polar surface area (TPSA) is 21.7 Å². The first-order chi connectivity index (χ1) is 10.7. The van der Waals surface area contributed by atoms with Gasteiger partial charge in [0.25, 0.3) is 0 Å². The van der Waals surface area contributed by atoms with E-state index in [4.69, 9.17) is 9.47 Å². The van der Waals surface area contributed by atoms with Crippen LogP contribution < -0.4 is 9.47 Å². The Morgan fingerprint density at radius 1 is 0.955 bits per heavy atom. The monoisotopic (exact) mass is 303 g/mol. The van der Waals surface area contributed by atoms with Crippen LogP contribution in [-0.2, 0) is 25.8 Å². The molecule has 122 valence electrons. The molecule has 1 aromatic carbocycles. The molecule has 3 nitrogen and oxygen atoms in total. The lowest BCUT2D eigenvalue weighted by molar-refractivity contribution is 0.214. The molecule has 0 unspecified atom stereocenters. The first kappa shape index (κ1) is 15.7. The number of hydrogen-bond acceptors (Lipinski definition) is 3. The van der Waals surface area contributed by atoms with Crippen molar-refractivity contribution in [2.75, 3.05) is 27.3 Å². The van der Waals surface area contributed by atoms with E-state index in [0.29, 0.717) is 0 Å². The van der Waals surface area contributed by atoms with E-state index in [1.807, 2.05) is 0 Å². The van der Waals surface area contributed by atoms with Crippen LogP contribution in [0.5, 0.6) is 11.5 Å². The Kier molecular flexibility index (Phi) is 4.62. The van der Waals surface area contributed by atoms with Crippen molar-refractivity contribution in [3.05, 3.63) is 22.3 Å². The van der Waals surface area contributed by atoms with Gasteiger partial charge in [-0.1, -0.05) is 20.3 Å². The van der Waals surface area contributed by atoms with E-state index in [1.54, 1.807) is 25.3 Å². The number of hydrogen-bond donors (Lipinski definition) is 0. The van der Waals surface area contributed by atoms with Crippen molar-refractivity contribution in [2.24, 2.45) is 5.92 Å².